The predicted molar refractivity (Wildman–Crippen MR) is 59.3 cm³/mol. The summed E-state index contributed by atoms with van der Waals surface area (Å²) in [5.74, 6) is 0.332. The van der Waals surface area contributed by atoms with Gasteiger partial charge in [-0.25, -0.2) is 4.98 Å². The van der Waals surface area contributed by atoms with Crippen molar-refractivity contribution < 1.29 is 5.11 Å². The Morgan fingerprint density at radius 3 is 2.93 bits per heavy atom. The summed E-state index contributed by atoms with van der Waals surface area (Å²) in [5, 5.41) is 11.9. The molecule has 0 spiro atoms. The highest BCUT2D eigenvalue weighted by molar-refractivity contribution is 6.32. The second-order valence-corrected chi connectivity index (χ2v) is 4.25. The zero-order chi connectivity index (χ0) is 11.5. The average molecular weight is 232 g/mol. The van der Waals surface area contributed by atoms with E-state index in [0.717, 1.165) is 0 Å². The molecule has 0 fully saturated rings. The first-order valence-electron chi connectivity index (χ1n) is 4.58. The van der Waals surface area contributed by atoms with Crippen molar-refractivity contribution >= 4 is 17.4 Å². The van der Waals surface area contributed by atoms with Gasteiger partial charge >= 0.3 is 0 Å². The average Bonchev–Trinajstić information content (AvgIpc) is 2.12. The Balaban J connectivity index is 2.90. The summed E-state index contributed by atoms with van der Waals surface area (Å²) in [5.41, 5.74) is -0.743. The van der Waals surface area contributed by atoms with E-state index in [2.05, 4.69) is 15.3 Å². The van der Waals surface area contributed by atoms with Crippen LogP contribution in [0, 0.1) is 0 Å². The standard InChI is InChI=1S/C9H14ClN3O2/c1-9(2,3-4-14)13-7-6(10)8(15)12-5-11-7/h5,14H,3-4H2,1-2H3,(H2,11,12,13,15). The normalized spacial score (nSPS) is 11.5. The van der Waals surface area contributed by atoms with E-state index in [1.54, 1.807) is 0 Å². The minimum atomic E-state index is -0.381. The Labute approximate surface area is 92.5 Å². The molecule has 0 aliphatic carbocycles. The third kappa shape index (κ3) is 3.21. The molecule has 1 heterocycles. The maximum Gasteiger partial charge on any atom is 0.271 e. The van der Waals surface area contributed by atoms with Crippen molar-refractivity contribution in [3.63, 3.8) is 0 Å². The fraction of sp³-hybridized carbons (Fsp3) is 0.556. The molecule has 0 saturated heterocycles. The molecule has 1 aromatic heterocycles. The number of H-pyrrole nitrogens is 1. The molecule has 0 radical (unpaired) electrons. The summed E-state index contributed by atoms with van der Waals surface area (Å²) in [6.45, 7) is 3.84. The molecule has 0 aliphatic rings. The maximum atomic E-state index is 11.2. The maximum absolute atomic E-state index is 11.2. The van der Waals surface area contributed by atoms with E-state index in [1.807, 2.05) is 13.8 Å². The summed E-state index contributed by atoms with van der Waals surface area (Å²) in [4.78, 5) is 17.5. The number of anilines is 1. The summed E-state index contributed by atoms with van der Waals surface area (Å²) < 4.78 is 0. The fourth-order valence-electron chi connectivity index (χ4n) is 1.13. The van der Waals surface area contributed by atoms with Gasteiger partial charge in [-0.05, 0) is 20.3 Å². The Morgan fingerprint density at radius 1 is 1.67 bits per heavy atom. The molecule has 0 unspecified atom stereocenters. The van der Waals surface area contributed by atoms with Gasteiger partial charge in [-0.2, -0.15) is 0 Å². The highest BCUT2D eigenvalue weighted by Gasteiger charge is 2.19. The third-order valence-corrected chi connectivity index (χ3v) is 2.34. The van der Waals surface area contributed by atoms with Gasteiger partial charge in [0.1, 0.15) is 5.02 Å². The zero-order valence-electron chi connectivity index (χ0n) is 8.67. The highest BCUT2D eigenvalue weighted by atomic mass is 35.5. The number of hydrogen-bond acceptors (Lipinski definition) is 4. The number of nitrogens with zero attached hydrogens (tertiary/aromatic N) is 1. The van der Waals surface area contributed by atoms with Crippen molar-refractivity contribution in [1.82, 2.24) is 9.97 Å². The first-order valence-corrected chi connectivity index (χ1v) is 4.96. The van der Waals surface area contributed by atoms with Crippen LogP contribution < -0.4 is 10.9 Å². The summed E-state index contributed by atoms with van der Waals surface area (Å²) >= 11 is 5.77. The van der Waals surface area contributed by atoms with Crippen LogP contribution in [0.4, 0.5) is 5.82 Å². The molecule has 3 N–H and O–H groups in total. The van der Waals surface area contributed by atoms with Crippen LogP contribution in [-0.2, 0) is 0 Å². The van der Waals surface area contributed by atoms with Crippen LogP contribution >= 0.6 is 11.6 Å². The fourth-order valence-corrected chi connectivity index (χ4v) is 1.28. The second-order valence-electron chi connectivity index (χ2n) is 3.88. The molecule has 15 heavy (non-hydrogen) atoms. The molecule has 5 nitrogen and oxygen atoms in total. The van der Waals surface area contributed by atoms with Crippen molar-refractivity contribution in [2.75, 3.05) is 11.9 Å². The first-order chi connectivity index (χ1) is 6.96. The van der Waals surface area contributed by atoms with Crippen molar-refractivity contribution in [1.29, 1.82) is 0 Å². The molecule has 0 bridgehead atoms. The third-order valence-electron chi connectivity index (χ3n) is 1.99. The van der Waals surface area contributed by atoms with Crippen LogP contribution in [0.25, 0.3) is 0 Å². The predicted octanol–water partition coefficient (Wildman–Crippen LogP) is 0.996. The van der Waals surface area contributed by atoms with Gasteiger partial charge in [0.05, 0.1) is 6.33 Å². The molecule has 0 atom stereocenters. The van der Waals surface area contributed by atoms with Gasteiger partial charge in [0.2, 0.25) is 0 Å². The number of aliphatic hydroxyl groups is 1. The summed E-state index contributed by atoms with van der Waals surface area (Å²) in [7, 11) is 0. The SMILES string of the molecule is CC(C)(CCO)Nc1nc[nH]c(=O)c1Cl. The van der Waals surface area contributed by atoms with Crippen LogP contribution in [0.3, 0.4) is 0 Å². The van der Waals surface area contributed by atoms with E-state index in [-0.39, 0.29) is 22.7 Å². The molecule has 0 aliphatic heterocycles. The number of hydrogen-bond donors (Lipinski definition) is 3. The number of rotatable bonds is 4. The molecule has 1 rings (SSSR count). The zero-order valence-corrected chi connectivity index (χ0v) is 9.43. The van der Waals surface area contributed by atoms with E-state index in [0.29, 0.717) is 12.2 Å². The Bertz CT molecular complexity index is 389. The van der Waals surface area contributed by atoms with Crippen LogP contribution in [0.15, 0.2) is 11.1 Å². The molecule has 0 amide bonds. The monoisotopic (exact) mass is 231 g/mol. The lowest BCUT2D eigenvalue weighted by molar-refractivity contribution is 0.260. The van der Waals surface area contributed by atoms with Crippen LogP contribution in [0.2, 0.25) is 5.02 Å². The lowest BCUT2D eigenvalue weighted by Gasteiger charge is -2.26. The van der Waals surface area contributed by atoms with E-state index >= 15 is 0 Å². The summed E-state index contributed by atoms with van der Waals surface area (Å²) in [6, 6.07) is 0. The van der Waals surface area contributed by atoms with E-state index in [1.165, 1.54) is 6.33 Å². The Hall–Kier alpha value is -1.07. The minimum absolute atomic E-state index is 0.0310. The van der Waals surface area contributed by atoms with Gasteiger partial charge in [0.25, 0.3) is 5.56 Å². The van der Waals surface area contributed by atoms with Gasteiger partial charge in [0, 0.05) is 12.1 Å². The van der Waals surface area contributed by atoms with Crippen molar-refractivity contribution in [3.05, 3.63) is 21.7 Å². The number of nitrogens with one attached hydrogen (secondary N) is 2. The molecule has 0 saturated carbocycles. The Morgan fingerprint density at radius 2 is 2.33 bits per heavy atom. The molecule has 6 heteroatoms. The van der Waals surface area contributed by atoms with E-state index in [4.69, 9.17) is 16.7 Å². The molecule has 1 aromatic rings. The highest BCUT2D eigenvalue weighted by Crippen LogP contribution is 2.19. The minimum Gasteiger partial charge on any atom is -0.396 e. The molecule has 0 aromatic carbocycles. The second kappa shape index (κ2) is 4.63. The molecular formula is C9H14ClN3O2. The number of aromatic amines is 1. The van der Waals surface area contributed by atoms with Gasteiger partial charge in [0.15, 0.2) is 5.82 Å². The lowest BCUT2D eigenvalue weighted by Crippen LogP contribution is -2.33. The Kier molecular flexibility index (Phi) is 3.71. The lowest BCUT2D eigenvalue weighted by atomic mass is 10.0. The van der Waals surface area contributed by atoms with E-state index < -0.39 is 0 Å². The number of aromatic nitrogens is 2. The van der Waals surface area contributed by atoms with Crippen LogP contribution in [0.1, 0.15) is 20.3 Å². The van der Waals surface area contributed by atoms with E-state index in [9.17, 15) is 4.79 Å². The van der Waals surface area contributed by atoms with Crippen molar-refractivity contribution in [3.8, 4) is 0 Å². The van der Waals surface area contributed by atoms with Crippen molar-refractivity contribution in [2.45, 2.75) is 25.8 Å². The smallest absolute Gasteiger partial charge is 0.271 e. The van der Waals surface area contributed by atoms with Gasteiger partial charge in [-0.3, -0.25) is 4.79 Å². The topological polar surface area (TPSA) is 78.0 Å². The van der Waals surface area contributed by atoms with Gasteiger partial charge in [-0.15, -0.1) is 0 Å². The number of halogens is 1. The molecule has 84 valence electrons. The van der Waals surface area contributed by atoms with Crippen LogP contribution in [-0.4, -0.2) is 27.2 Å². The largest absolute Gasteiger partial charge is 0.396 e. The van der Waals surface area contributed by atoms with Crippen LogP contribution in [0.5, 0.6) is 0 Å². The van der Waals surface area contributed by atoms with Gasteiger partial charge in [-0.1, -0.05) is 11.6 Å². The van der Waals surface area contributed by atoms with Crippen molar-refractivity contribution in [2.24, 2.45) is 0 Å². The molecular weight excluding hydrogens is 218 g/mol. The van der Waals surface area contributed by atoms with Gasteiger partial charge < -0.3 is 15.4 Å². The quantitative estimate of drug-likeness (QED) is 0.722. The summed E-state index contributed by atoms with van der Waals surface area (Å²) in [6.07, 6.45) is 1.82. The number of aliphatic hydroxyl groups excluding tert-OH is 1. The first kappa shape index (κ1) is 12.0.